The Kier molecular flexibility index (Phi) is 1.96. The third-order valence-electron chi connectivity index (χ3n) is 25.4. The molecule has 16 rings (SSSR count). The Bertz CT molecular complexity index is 1720. The van der Waals surface area contributed by atoms with Gasteiger partial charge < -0.3 is 0 Å². The molecule has 4 N–H and O–H groups in total. The van der Waals surface area contributed by atoms with Crippen LogP contribution in [0.5, 0.6) is 0 Å². The third-order valence-corrected chi connectivity index (χ3v) is 72.2. The van der Waals surface area contributed by atoms with Crippen molar-refractivity contribution in [2.45, 2.75) is 129 Å². The molecule has 1 spiro atoms. The molecule has 7 heteroatoms. The van der Waals surface area contributed by atoms with Crippen LogP contribution in [-0.4, -0.2) is 61.7 Å². The fourth-order valence-corrected chi connectivity index (χ4v) is 113. The number of hydrogen-bond acceptors (Lipinski definition) is 4. The van der Waals surface area contributed by atoms with Crippen molar-refractivity contribution >= 4 is 18.5 Å². The standard InChI is InChI=1S/C29H49N4P2.C5H5.Fe/c1-26(2,3)29(35,27-14-19-11-20(15-27)13-21(12-19)16-27)23-6-4-5-22(23)28(34,24-17-30-7-9-32-24)25-18-31-8-10-33-25;1-2-4-5-3-1;/h4-6,19-21,24-25,30-33H,7-18,34-35H2,1-3H3;1-5H;. The number of hydrogen-bond donors (Lipinski definition) is 4. The Hall–Kier alpha value is 1.22. The second-order valence-electron chi connectivity index (χ2n) is 22.4. The van der Waals surface area contributed by atoms with Crippen molar-refractivity contribution in [2.75, 3.05) is 39.3 Å². The topological polar surface area (TPSA) is 48.1 Å². The molecule has 12 aliphatic heterocycles. The molecular formula is C34H54FeN4P2. The van der Waals surface area contributed by atoms with Gasteiger partial charge in [-0.05, 0) is 0 Å². The molecule has 41 heavy (non-hydrogen) atoms. The van der Waals surface area contributed by atoms with Crippen molar-refractivity contribution in [1.29, 1.82) is 0 Å². The van der Waals surface area contributed by atoms with Gasteiger partial charge in [0.25, 0.3) is 0 Å². The van der Waals surface area contributed by atoms with Gasteiger partial charge in [-0.2, -0.15) is 0 Å². The van der Waals surface area contributed by atoms with Gasteiger partial charge >= 0.3 is 243 Å². The van der Waals surface area contributed by atoms with E-state index in [0.29, 0.717) is 33.2 Å². The molecule has 12 saturated heterocycles. The number of fused-ring (bicyclic) bond motifs is 10. The van der Waals surface area contributed by atoms with E-state index in [9.17, 15) is 0 Å². The molecule has 4 aliphatic carbocycles. The van der Waals surface area contributed by atoms with E-state index >= 15 is 0 Å². The molecule has 0 aromatic carbocycles. The van der Waals surface area contributed by atoms with E-state index in [4.69, 9.17) is 0 Å². The third kappa shape index (κ3) is 0.622. The predicted octanol–water partition coefficient (Wildman–Crippen LogP) is 5.73. The molecule has 0 amide bonds. The summed E-state index contributed by atoms with van der Waals surface area (Å²) < 4.78 is 1.50. The average Bonchev–Trinajstić information content (AvgIpc) is 3.90. The first-order valence-electron chi connectivity index (χ1n) is 18.1. The monoisotopic (exact) mass is 636 g/mol. The van der Waals surface area contributed by atoms with Crippen molar-refractivity contribution < 1.29 is 6.51 Å². The molecule has 0 aromatic rings. The van der Waals surface area contributed by atoms with Gasteiger partial charge in [-0.3, -0.25) is 0 Å². The summed E-state index contributed by atoms with van der Waals surface area (Å²) in [6.07, 6.45) is 9.61. The van der Waals surface area contributed by atoms with Crippen molar-refractivity contribution in [3.63, 3.8) is 0 Å². The van der Waals surface area contributed by atoms with Crippen LogP contribution in [0.3, 0.4) is 0 Å². The van der Waals surface area contributed by atoms with Crippen LogP contribution in [0, 0.1) is 28.6 Å². The van der Waals surface area contributed by atoms with Gasteiger partial charge in [0, 0.05) is 0 Å². The molecule has 10 unspecified atom stereocenters. The Morgan fingerprint density at radius 1 is 0.634 bits per heavy atom. The number of nitrogens with one attached hydrogen (secondary N) is 4. The fraction of sp³-hybridized carbons (Fsp3) is 1.00. The molecule has 16 aliphatic rings. The van der Waals surface area contributed by atoms with Crippen LogP contribution in [0.2, 0.25) is 47.2 Å². The zero-order chi connectivity index (χ0) is 27.1. The van der Waals surface area contributed by atoms with Crippen molar-refractivity contribution in [3.8, 4) is 0 Å². The number of rotatable bonds is 5. The fourth-order valence-electron chi connectivity index (χ4n) is 28.0. The summed E-state index contributed by atoms with van der Waals surface area (Å²) in [4.78, 5) is 10.6. The van der Waals surface area contributed by atoms with Crippen molar-refractivity contribution in [1.82, 2.24) is 21.3 Å². The van der Waals surface area contributed by atoms with Crippen molar-refractivity contribution in [3.05, 3.63) is 0 Å². The SMILES string of the molecule is CC(C)(C)C(P)(C12CC3CC(CC(C3)C1)C2)[C]12[CH]3[CH]4[CH]5[C]1(C(P)(C1CNCCN1)C1CNCCN1)[Fe]45321678[CH]2[CH]1[CH]6[CH]7[CH]28. The summed E-state index contributed by atoms with van der Waals surface area (Å²) in [5, 5.41) is 17.3. The van der Waals surface area contributed by atoms with Crippen molar-refractivity contribution in [2.24, 2.45) is 28.6 Å². The molecular weight excluding hydrogens is 582 g/mol. The van der Waals surface area contributed by atoms with Gasteiger partial charge in [-0.1, -0.05) is 0 Å². The van der Waals surface area contributed by atoms with Gasteiger partial charge in [0.2, 0.25) is 0 Å². The van der Waals surface area contributed by atoms with Crippen LogP contribution in [0.25, 0.3) is 0 Å². The summed E-state index contributed by atoms with van der Waals surface area (Å²) in [6, 6.07) is 1.22. The van der Waals surface area contributed by atoms with Gasteiger partial charge in [0.1, 0.15) is 0 Å². The van der Waals surface area contributed by atoms with Gasteiger partial charge in [0.05, 0.1) is 0 Å². The quantitative estimate of drug-likeness (QED) is 0.230. The maximum absolute atomic E-state index is 4.30. The van der Waals surface area contributed by atoms with E-state index in [1.807, 2.05) is 0 Å². The zero-order valence-electron chi connectivity index (χ0n) is 25.5. The summed E-state index contributed by atoms with van der Waals surface area (Å²) in [6.45, 7) is 11.4. The first-order chi connectivity index (χ1) is 19.4. The van der Waals surface area contributed by atoms with E-state index in [1.54, 1.807) is 38.5 Å². The normalized spacial score (nSPS) is 83.4. The van der Waals surface area contributed by atoms with E-state index in [0.717, 1.165) is 52.6 Å². The second-order valence-corrected chi connectivity index (χ2v) is 47.4. The van der Waals surface area contributed by atoms with E-state index in [-0.39, 0.29) is 0 Å². The summed E-state index contributed by atoms with van der Waals surface area (Å²) in [5.41, 5.74) is 0.980. The maximum atomic E-state index is 4.30. The minimum absolute atomic E-state index is 0.313. The Balaban J connectivity index is 1.07. The Morgan fingerprint density at radius 3 is 1.46 bits per heavy atom. The van der Waals surface area contributed by atoms with E-state index in [1.165, 1.54) is 51.6 Å². The second kappa shape index (κ2) is 3.54. The van der Waals surface area contributed by atoms with Crippen LogP contribution in [0.15, 0.2) is 0 Å². The van der Waals surface area contributed by atoms with Crippen LogP contribution < -0.4 is 21.3 Å². The summed E-state index contributed by atoms with van der Waals surface area (Å²) in [5.74, 6) is 3.17. The van der Waals surface area contributed by atoms with Gasteiger partial charge in [-0.25, -0.2) is 0 Å². The minimum atomic E-state index is -3.97. The summed E-state index contributed by atoms with van der Waals surface area (Å²) >= 11 is 0. The molecule has 16 fully saturated rings. The molecule has 12 heterocycles. The zero-order valence-corrected chi connectivity index (χ0v) is 28.9. The first-order valence-corrected chi connectivity index (χ1v) is 25.4. The van der Waals surface area contributed by atoms with E-state index < -0.39 is 6.51 Å². The molecule has 4 saturated carbocycles. The predicted molar refractivity (Wildman–Crippen MR) is 170 cm³/mol. The van der Waals surface area contributed by atoms with E-state index in [2.05, 4.69) is 60.5 Å². The van der Waals surface area contributed by atoms with Crippen LogP contribution in [0.1, 0.15) is 59.3 Å². The Morgan fingerprint density at radius 2 is 1.10 bits per heavy atom. The molecule has 10 atom stereocenters. The van der Waals surface area contributed by atoms with Gasteiger partial charge in [0.15, 0.2) is 0 Å². The van der Waals surface area contributed by atoms with Crippen LogP contribution >= 0.6 is 18.5 Å². The van der Waals surface area contributed by atoms with Gasteiger partial charge in [-0.15, -0.1) is 0 Å². The summed E-state index contributed by atoms with van der Waals surface area (Å²) in [7, 11) is 8.00. The molecule has 228 valence electrons. The molecule has 0 radical (unpaired) electrons. The van der Waals surface area contributed by atoms with Crippen LogP contribution in [-0.2, 0) is 6.51 Å². The number of piperazine rings is 2. The average molecular weight is 637 g/mol. The first kappa shape index (κ1) is 22.7. The Labute approximate surface area is 242 Å². The molecule has 4 bridgehead atoms. The molecule has 4 nitrogen and oxygen atoms in total. The van der Waals surface area contributed by atoms with Crippen LogP contribution in [0.4, 0.5) is 0 Å². The molecule has 0 aromatic heterocycles.